The Balaban J connectivity index is 1.57. The fourth-order valence-corrected chi connectivity index (χ4v) is 4.91. The van der Waals surface area contributed by atoms with Crippen LogP contribution in [0.15, 0.2) is 47.4 Å². The van der Waals surface area contributed by atoms with Gasteiger partial charge in [-0.2, -0.15) is 0 Å². The van der Waals surface area contributed by atoms with Crippen molar-refractivity contribution in [3.8, 4) is 11.5 Å². The maximum atomic E-state index is 12.8. The molecule has 2 aromatic rings. The number of nitrogens with zero attached hydrogens (tertiary/aromatic N) is 1. The Morgan fingerprint density at radius 2 is 1.73 bits per heavy atom. The molecule has 1 fully saturated rings. The summed E-state index contributed by atoms with van der Waals surface area (Å²) < 4.78 is 44.3. The zero-order valence-corrected chi connectivity index (χ0v) is 18.6. The molecule has 0 radical (unpaired) electrons. The fourth-order valence-electron chi connectivity index (χ4n) is 3.52. The van der Waals surface area contributed by atoms with Gasteiger partial charge in [-0.05, 0) is 67.8 Å². The average molecular weight is 435 g/mol. The number of hydrogen-bond donors (Lipinski definition) is 1. The minimum Gasteiger partial charge on any atom is -0.497 e. The molecule has 0 atom stereocenters. The minimum absolute atomic E-state index is 0.0811. The second-order valence-corrected chi connectivity index (χ2v) is 9.06. The van der Waals surface area contributed by atoms with E-state index in [1.165, 1.54) is 0 Å². The summed E-state index contributed by atoms with van der Waals surface area (Å²) >= 11 is 0. The number of hydrogen-bond acceptors (Lipinski definition) is 6. The van der Waals surface area contributed by atoms with E-state index in [0.717, 1.165) is 42.9 Å². The summed E-state index contributed by atoms with van der Waals surface area (Å²) in [6, 6.07) is 12.8. The lowest BCUT2D eigenvalue weighted by atomic mass is 10.1. The van der Waals surface area contributed by atoms with Crippen molar-refractivity contribution in [2.75, 3.05) is 45.4 Å². The van der Waals surface area contributed by atoms with E-state index in [4.69, 9.17) is 14.2 Å². The molecule has 30 heavy (non-hydrogen) atoms. The highest BCUT2D eigenvalue weighted by molar-refractivity contribution is 7.89. The highest BCUT2D eigenvalue weighted by atomic mass is 32.2. The quantitative estimate of drug-likeness (QED) is 0.612. The van der Waals surface area contributed by atoms with Crippen molar-refractivity contribution in [1.82, 2.24) is 4.72 Å². The second kappa shape index (κ2) is 10.1. The van der Waals surface area contributed by atoms with Crippen molar-refractivity contribution in [3.05, 3.63) is 48.0 Å². The van der Waals surface area contributed by atoms with Crippen LogP contribution in [0.4, 0.5) is 5.69 Å². The molecular formula is C22H30N2O5S. The van der Waals surface area contributed by atoms with Crippen LogP contribution in [-0.4, -0.2) is 55.0 Å². The van der Waals surface area contributed by atoms with Crippen LogP contribution in [0.25, 0.3) is 0 Å². The maximum Gasteiger partial charge on any atom is 0.240 e. The standard InChI is InChI=1S/C22H30N2O5S/c1-17-16-21(8-9-22(17)29-15-14-27-2)30(25,26)23-18-10-12-24(13-11-18)19-4-6-20(28-3)7-5-19/h4-9,16,18,23H,10-15H2,1-3H3. The first-order valence-corrected chi connectivity index (χ1v) is 11.5. The summed E-state index contributed by atoms with van der Waals surface area (Å²) in [7, 11) is -0.322. The van der Waals surface area contributed by atoms with E-state index >= 15 is 0 Å². The third-order valence-corrected chi connectivity index (χ3v) is 6.77. The number of rotatable bonds is 9. The van der Waals surface area contributed by atoms with Crippen molar-refractivity contribution in [1.29, 1.82) is 0 Å². The second-order valence-electron chi connectivity index (χ2n) is 7.35. The van der Waals surface area contributed by atoms with E-state index in [1.54, 1.807) is 32.4 Å². The van der Waals surface area contributed by atoms with Gasteiger partial charge in [-0.15, -0.1) is 0 Å². The van der Waals surface area contributed by atoms with Crippen LogP contribution in [0.2, 0.25) is 0 Å². The van der Waals surface area contributed by atoms with Crippen LogP contribution in [0, 0.1) is 6.92 Å². The Morgan fingerprint density at radius 3 is 2.33 bits per heavy atom. The van der Waals surface area contributed by atoms with Crippen LogP contribution in [-0.2, 0) is 14.8 Å². The molecule has 3 rings (SSSR count). The van der Waals surface area contributed by atoms with Gasteiger partial charge in [0.2, 0.25) is 10.0 Å². The number of benzene rings is 2. The summed E-state index contributed by atoms with van der Waals surface area (Å²) in [6.45, 7) is 4.34. The Hall–Kier alpha value is -2.29. The van der Waals surface area contributed by atoms with Gasteiger partial charge >= 0.3 is 0 Å². The van der Waals surface area contributed by atoms with Crippen LogP contribution in [0.3, 0.4) is 0 Å². The smallest absolute Gasteiger partial charge is 0.240 e. The zero-order chi connectivity index (χ0) is 21.6. The third kappa shape index (κ3) is 5.65. The Bertz CT molecular complexity index is 923. The molecule has 0 spiro atoms. The molecule has 0 bridgehead atoms. The molecule has 1 heterocycles. The Kier molecular flexibility index (Phi) is 7.58. The molecule has 2 aromatic carbocycles. The Morgan fingerprint density at radius 1 is 1.03 bits per heavy atom. The van der Waals surface area contributed by atoms with Crippen molar-refractivity contribution in [2.45, 2.75) is 30.7 Å². The molecule has 1 N–H and O–H groups in total. The van der Waals surface area contributed by atoms with Gasteiger partial charge in [0.15, 0.2) is 0 Å². The summed E-state index contributed by atoms with van der Waals surface area (Å²) in [5.41, 5.74) is 1.90. The molecule has 0 unspecified atom stereocenters. The molecule has 0 amide bonds. The maximum absolute atomic E-state index is 12.8. The van der Waals surface area contributed by atoms with Gasteiger partial charge in [-0.1, -0.05) is 0 Å². The van der Waals surface area contributed by atoms with Crippen LogP contribution >= 0.6 is 0 Å². The molecule has 8 heteroatoms. The van der Waals surface area contributed by atoms with E-state index in [2.05, 4.69) is 9.62 Å². The number of nitrogens with one attached hydrogen (secondary N) is 1. The summed E-state index contributed by atoms with van der Waals surface area (Å²) in [4.78, 5) is 2.53. The summed E-state index contributed by atoms with van der Waals surface area (Å²) in [5, 5.41) is 0. The van der Waals surface area contributed by atoms with Crippen molar-refractivity contribution >= 4 is 15.7 Å². The monoisotopic (exact) mass is 434 g/mol. The molecule has 1 saturated heterocycles. The first kappa shape index (κ1) is 22.4. The van der Waals surface area contributed by atoms with E-state index in [9.17, 15) is 8.42 Å². The minimum atomic E-state index is -3.58. The summed E-state index contributed by atoms with van der Waals surface area (Å²) in [5.74, 6) is 1.49. The SMILES string of the molecule is COCCOc1ccc(S(=O)(=O)NC2CCN(c3ccc(OC)cc3)CC2)cc1C. The highest BCUT2D eigenvalue weighted by Crippen LogP contribution is 2.25. The van der Waals surface area contributed by atoms with E-state index in [0.29, 0.717) is 19.0 Å². The van der Waals surface area contributed by atoms with Crippen LogP contribution < -0.4 is 19.1 Å². The highest BCUT2D eigenvalue weighted by Gasteiger charge is 2.25. The predicted octanol–water partition coefficient (Wildman–Crippen LogP) is 2.98. The normalized spacial score (nSPS) is 15.2. The fraction of sp³-hybridized carbons (Fsp3) is 0.455. The van der Waals surface area contributed by atoms with Gasteiger partial charge < -0.3 is 19.1 Å². The van der Waals surface area contributed by atoms with Gasteiger partial charge in [-0.25, -0.2) is 13.1 Å². The van der Waals surface area contributed by atoms with Gasteiger partial charge in [0.25, 0.3) is 0 Å². The number of anilines is 1. The van der Waals surface area contributed by atoms with Gasteiger partial charge in [-0.3, -0.25) is 0 Å². The molecule has 0 aromatic heterocycles. The number of methoxy groups -OCH3 is 2. The lowest BCUT2D eigenvalue weighted by molar-refractivity contribution is 0.146. The van der Waals surface area contributed by atoms with Crippen LogP contribution in [0.5, 0.6) is 11.5 Å². The van der Waals surface area contributed by atoms with Crippen molar-refractivity contribution in [3.63, 3.8) is 0 Å². The first-order valence-electron chi connectivity index (χ1n) is 10.1. The molecular weight excluding hydrogens is 404 g/mol. The average Bonchev–Trinajstić information content (AvgIpc) is 2.75. The van der Waals surface area contributed by atoms with Gasteiger partial charge in [0.05, 0.1) is 18.6 Å². The van der Waals surface area contributed by atoms with Gasteiger partial charge in [0.1, 0.15) is 18.1 Å². The Labute approximate surface area is 179 Å². The number of sulfonamides is 1. The number of piperidine rings is 1. The molecule has 164 valence electrons. The van der Waals surface area contributed by atoms with E-state index in [1.807, 2.05) is 31.2 Å². The number of ether oxygens (including phenoxy) is 3. The van der Waals surface area contributed by atoms with Gasteiger partial charge in [0, 0.05) is 31.9 Å². The largest absolute Gasteiger partial charge is 0.497 e. The van der Waals surface area contributed by atoms with E-state index < -0.39 is 10.0 Å². The zero-order valence-electron chi connectivity index (χ0n) is 17.8. The molecule has 0 saturated carbocycles. The topological polar surface area (TPSA) is 77.1 Å². The first-order chi connectivity index (χ1) is 14.4. The van der Waals surface area contributed by atoms with E-state index in [-0.39, 0.29) is 10.9 Å². The third-order valence-electron chi connectivity index (χ3n) is 5.26. The molecule has 0 aliphatic carbocycles. The van der Waals surface area contributed by atoms with Crippen molar-refractivity contribution < 1.29 is 22.6 Å². The number of aryl methyl sites for hydroxylation is 1. The predicted molar refractivity (Wildman–Crippen MR) is 117 cm³/mol. The van der Waals surface area contributed by atoms with Crippen LogP contribution in [0.1, 0.15) is 18.4 Å². The molecule has 7 nitrogen and oxygen atoms in total. The molecule has 1 aliphatic rings. The van der Waals surface area contributed by atoms with Crippen molar-refractivity contribution in [2.24, 2.45) is 0 Å². The lowest BCUT2D eigenvalue weighted by Crippen LogP contribution is -2.44. The molecule has 1 aliphatic heterocycles. The lowest BCUT2D eigenvalue weighted by Gasteiger charge is -2.33. The summed E-state index contributed by atoms with van der Waals surface area (Å²) in [6.07, 6.45) is 1.50.